The summed E-state index contributed by atoms with van der Waals surface area (Å²) in [6.07, 6.45) is 0. The average Bonchev–Trinajstić information content (AvgIpc) is 3.36. The van der Waals surface area contributed by atoms with Gasteiger partial charge < -0.3 is 10.1 Å². The van der Waals surface area contributed by atoms with Crippen LogP contribution in [0.3, 0.4) is 0 Å². The van der Waals surface area contributed by atoms with E-state index in [0.717, 1.165) is 9.88 Å². The Balaban J connectivity index is 1.50. The molecule has 0 atom stereocenters. The van der Waals surface area contributed by atoms with E-state index in [4.69, 9.17) is 4.74 Å². The van der Waals surface area contributed by atoms with Crippen molar-refractivity contribution in [1.82, 2.24) is 15.0 Å². The largest absolute Gasteiger partial charge is 0.497 e. The Bertz CT molecular complexity index is 996. The lowest BCUT2D eigenvalue weighted by Gasteiger charge is -2.08. The van der Waals surface area contributed by atoms with Gasteiger partial charge in [0.1, 0.15) is 16.5 Å². The highest BCUT2D eigenvalue weighted by Crippen LogP contribution is 2.27. The number of carbonyl (C=O) groups excluding carboxylic acids is 1. The van der Waals surface area contributed by atoms with Crippen LogP contribution in [0.2, 0.25) is 0 Å². The minimum atomic E-state index is -3.64. The number of hydrogen-bond donors (Lipinski definition) is 2. The van der Waals surface area contributed by atoms with Crippen molar-refractivity contribution in [2.24, 2.45) is 0 Å². The van der Waals surface area contributed by atoms with Gasteiger partial charge in [-0.05, 0) is 35.7 Å². The molecule has 1 aromatic carbocycles. The molecule has 7 nitrogen and oxygen atoms in total. The first kappa shape index (κ1) is 19.5. The standard InChI is InChI=1S/C17H17N3O4S3/c1-24-12-4-6-13(7-5-12)27(22,23)19-9-8-18-16(21)14-11-26-17(20-14)15-3-2-10-25-15/h2-7,10-11,19H,8-9H2,1H3,(H,18,21). The van der Waals surface area contributed by atoms with E-state index >= 15 is 0 Å². The summed E-state index contributed by atoms with van der Waals surface area (Å²) in [6.45, 7) is 0.224. The van der Waals surface area contributed by atoms with E-state index in [9.17, 15) is 13.2 Å². The summed E-state index contributed by atoms with van der Waals surface area (Å²) in [5.41, 5.74) is 0.321. The molecule has 27 heavy (non-hydrogen) atoms. The molecular formula is C17H17N3O4S3. The number of methoxy groups -OCH3 is 1. The first-order valence-corrected chi connectivity index (χ1v) is 11.1. The van der Waals surface area contributed by atoms with Gasteiger partial charge in [0, 0.05) is 18.5 Å². The van der Waals surface area contributed by atoms with Crippen LogP contribution >= 0.6 is 22.7 Å². The van der Waals surface area contributed by atoms with Crippen molar-refractivity contribution in [3.05, 3.63) is 52.9 Å². The number of rotatable bonds is 8. The number of sulfonamides is 1. The van der Waals surface area contributed by atoms with Crippen LogP contribution in [0.15, 0.2) is 52.1 Å². The quantitative estimate of drug-likeness (QED) is 0.543. The van der Waals surface area contributed by atoms with Crippen LogP contribution in [0.5, 0.6) is 5.75 Å². The Morgan fingerprint density at radius 1 is 1.15 bits per heavy atom. The van der Waals surface area contributed by atoms with Crippen LogP contribution in [-0.2, 0) is 10.0 Å². The monoisotopic (exact) mass is 423 g/mol. The summed E-state index contributed by atoms with van der Waals surface area (Å²) in [5, 5.41) is 7.09. The number of aromatic nitrogens is 1. The first-order valence-electron chi connectivity index (χ1n) is 7.91. The lowest BCUT2D eigenvalue weighted by Crippen LogP contribution is -2.34. The second-order valence-corrected chi connectivity index (χ2v) is 8.92. The lowest BCUT2D eigenvalue weighted by molar-refractivity contribution is 0.0950. The van der Waals surface area contributed by atoms with E-state index in [1.807, 2.05) is 17.5 Å². The zero-order valence-corrected chi connectivity index (χ0v) is 16.8. The van der Waals surface area contributed by atoms with E-state index in [-0.39, 0.29) is 23.9 Å². The lowest BCUT2D eigenvalue weighted by atomic mass is 10.3. The summed E-state index contributed by atoms with van der Waals surface area (Å²) in [6, 6.07) is 9.94. The molecule has 1 amide bonds. The number of amides is 1. The van der Waals surface area contributed by atoms with Crippen molar-refractivity contribution in [2.75, 3.05) is 20.2 Å². The topological polar surface area (TPSA) is 97.4 Å². The molecule has 3 aromatic rings. The zero-order chi connectivity index (χ0) is 19.3. The smallest absolute Gasteiger partial charge is 0.270 e. The molecule has 0 fully saturated rings. The van der Waals surface area contributed by atoms with E-state index in [1.165, 1.54) is 30.6 Å². The van der Waals surface area contributed by atoms with E-state index in [0.29, 0.717) is 11.4 Å². The number of thiazole rings is 1. The number of benzene rings is 1. The summed E-state index contributed by atoms with van der Waals surface area (Å²) in [7, 11) is -2.13. The van der Waals surface area contributed by atoms with Crippen molar-refractivity contribution in [3.63, 3.8) is 0 Å². The van der Waals surface area contributed by atoms with Crippen LogP contribution in [-0.4, -0.2) is 39.5 Å². The summed E-state index contributed by atoms with van der Waals surface area (Å²) in [4.78, 5) is 17.6. The van der Waals surface area contributed by atoms with Crippen molar-refractivity contribution < 1.29 is 17.9 Å². The van der Waals surface area contributed by atoms with Gasteiger partial charge in [-0.25, -0.2) is 18.1 Å². The normalized spacial score (nSPS) is 11.3. The molecular weight excluding hydrogens is 406 g/mol. The van der Waals surface area contributed by atoms with Crippen LogP contribution in [0.1, 0.15) is 10.5 Å². The molecule has 0 aliphatic heterocycles. The predicted molar refractivity (Wildman–Crippen MR) is 106 cm³/mol. The van der Waals surface area contributed by atoms with Crippen molar-refractivity contribution >= 4 is 38.6 Å². The maximum atomic E-state index is 12.2. The number of carbonyl (C=O) groups is 1. The summed E-state index contributed by atoms with van der Waals surface area (Å²) in [5.74, 6) is 0.240. The maximum absolute atomic E-state index is 12.2. The van der Waals surface area contributed by atoms with Crippen molar-refractivity contribution in [3.8, 4) is 15.6 Å². The average molecular weight is 424 g/mol. The fraction of sp³-hybridized carbons (Fsp3) is 0.176. The SMILES string of the molecule is COc1ccc(S(=O)(=O)NCCNC(=O)c2csc(-c3cccs3)n2)cc1. The van der Waals surface area contributed by atoms with Gasteiger partial charge in [-0.1, -0.05) is 6.07 Å². The molecule has 0 unspecified atom stereocenters. The number of nitrogens with zero attached hydrogens (tertiary/aromatic N) is 1. The molecule has 0 spiro atoms. The van der Waals surface area contributed by atoms with E-state index in [2.05, 4.69) is 15.0 Å². The van der Waals surface area contributed by atoms with Gasteiger partial charge in [-0.2, -0.15) is 0 Å². The third-order valence-electron chi connectivity index (χ3n) is 3.54. The van der Waals surface area contributed by atoms with Gasteiger partial charge in [-0.3, -0.25) is 4.79 Å². The van der Waals surface area contributed by atoms with Gasteiger partial charge in [0.15, 0.2) is 0 Å². The Kier molecular flexibility index (Phi) is 6.22. The van der Waals surface area contributed by atoms with Gasteiger partial charge in [0.05, 0.1) is 16.9 Å². The fourth-order valence-electron chi connectivity index (χ4n) is 2.18. The molecule has 0 saturated heterocycles. The third kappa shape index (κ3) is 4.92. The number of thiophene rings is 1. The van der Waals surface area contributed by atoms with Gasteiger partial charge in [0.25, 0.3) is 5.91 Å². The zero-order valence-electron chi connectivity index (χ0n) is 14.3. The highest BCUT2D eigenvalue weighted by Gasteiger charge is 2.15. The highest BCUT2D eigenvalue weighted by atomic mass is 32.2. The van der Waals surface area contributed by atoms with E-state index in [1.54, 1.807) is 28.8 Å². The maximum Gasteiger partial charge on any atom is 0.270 e. The van der Waals surface area contributed by atoms with Crippen LogP contribution in [0.25, 0.3) is 9.88 Å². The van der Waals surface area contributed by atoms with Gasteiger partial charge >= 0.3 is 0 Å². The van der Waals surface area contributed by atoms with E-state index < -0.39 is 10.0 Å². The molecule has 0 bridgehead atoms. The van der Waals surface area contributed by atoms with Crippen LogP contribution in [0, 0.1) is 0 Å². The van der Waals surface area contributed by atoms with Crippen LogP contribution in [0.4, 0.5) is 0 Å². The first-order chi connectivity index (χ1) is 13.0. The molecule has 0 aliphatic rings. The Morgan fingerprint density at radius 2 is 1.93 bits per heavy atom. The minimum Gasteiger partial charge on any atom is -0.497 e. The Morgan fingerprint density at radius 3 is 2.59 bits per heavy atom. The van der Waals surface area contributed by atoms with Gasteiger partial charge in [-0.15, -0.1) is 22.7 Å². The Labute approximate surface area is 165 Å². The van der Waals surface area contributed by atoms with Crippen molar-refractivity contribution in [2.45, 2.75) is 4.90 Å². The molecule has 2 heterocycles. The number of nitrogens with one attached hydrogen (secondary N) is 2. The van der Waals surface area contributed by atoms with Crippen molar-refractivity contribution in [1.29, 1.82) is 0 Å². The molecule has 0 aliphatic carbocycles. The fourth-order valence-corrected chi connectivity index (χ4v) is 4.83. The number of hydrogen-bond acceptors (Lipinski definition) is 7. The summed E-state index contributed by atoms with van der Waals surface area (Å²) >= 11 is 2.95. The van der Waals surface area contributed by atoms with Gasteiger partial charge in [0.2, 0.25) is 10.0 Å². The predicted octanol–water partition coefficient (Wildman–Crippen LogP) is 2.59. The molecule has 2 N–H and O–H groups in total. The van der Waals surface area contributed by atoms with Crippen LogP contribution < -0.4 is 14.8 Å². The second-order valence-electron chi connectivity index (χ2n) is 5.34. The highest BCUT2D eigenvalue weighted by molar-refractivity contribution is 7.89. The molecule has 3 rings (SSSR count). The second kappa shape index (κ2) is 8.61. The molecule has 2 aromatic heterocycles. The molecule has 0 radical (unpaired) electrons. The number of ether oxygens (including phenoxy) is 1. The third-order valence-corrected chi connectivity index (χ3v) is 6.90. The molecule has 0 saturated carbocycles. The summed E-state index contributed by atoms with van der Waals surface area (Å²) < 4.78 is 31.9. The molecule has 142 valence electrons. The molecule has 10 heteroatoms. The minimum absolute atomic E-state index is 0.0714. The Hall–Kier alpha value is -2.27.